The van der Waals surface area contributed by atoms with Gasteiger partial charge in [-0.3, -0.25) is 4.48 Å². The molecule has 2 nitrogen and oxygen atoms in total. The molecule has 0 aliphatic carbocycles. The van der Waals surface area contributed by atoms with Gasteiger partial charge in [-0.2, -0.15) is 0 Å². The van der Waals surface area contributed by atoms with Crippen molar-refractivity contribution in [1.29, 1.82) is 0 Å². The molecule has 1 rings (SSSR count). The zero-order chi connectivity index (χ0) is 17.3. The van der Waals surface area contributed by atoms with E-state index in [-0.39, 0.29) is 12.4 Å². The summed E-state index contributed by atoms with van der Waals surface area (Å²) in [5, 5.41) is 0. The normalized spacial score (nSPS) is 19.6. The first-order chi connectivity index (χ1) is 11.8. The molecule has 0 aromatic heterocycles. The Morgan fingerprint density at radius 3 is 1.84 bits per heavy atom. The number of nitrogens with zero attached hydrogens (tertiary/aromatic N) is 2. The van der Waals surface area contributed by atoms with Crippen molar-refractivity contribution in [3.8, 4) is 0 Å². The van der Waals surface area contributed by atoms with Crippen molar-refractivity contribution < 1.29 is 16.9 Å². The molecule has 0 aromatic carbocycles. The third-order valence-electron chi connectivity index (χ3n) is 5.28. The minimum absolute atomic E-state index is 0. The highest BCUT2D eigenvalue weighted by Gasteiger charge is 2.22. The quantitative estimate of drug-likeness (QED) is 0.224. The van der Waals surface area contributed by atoms with Crippen molar-refractivity contribution in [2.24, 2.45) is 4.99 Å². The molecule has 0 fully saturated rings. The maximum Gasteiger partial charge on any atom is 0.185 e. The maximum absolute atomic E-state index is 4.37. The third-order valence-corrected chi connectivity index (χ3v) is 5.28. The van der Waals surface area contributed by atoms with Crippen LogP contribution in [0.3, 0.4) is 0 Å². The lowest BCUT2D eigenvalue weighted by atomic mass is 10.1. The summed E-state index contributed by atoms with van der Waals surface area (Å²) in [6.45, 7) is 5.81. The van der Waals surface area contributed by atoms with Crippen molar-refractivity contribution in [3.05, 3.63) is 12.2 Å². The van der Waals surface area contributed by atoms with Gasteiger partial charge in [-0.05, 0) is 38.5 Å². The topological polar surface area (TPSA) is 12.4 Å². The number of allylic oxidation sites excluding steroid dienone is 2. The minimum atomic E-state index is 0. The van der Waals surface area contributed by atoms with E-state index in [0.717, 1.165) is 11.0 Å². The van der Waals surface area contributed by atoms with Crippen LogP contribution in [0.1, 0.15) is 96.8 Å². The number of quaternary nitrogens is 1. The number of aliphatic imine (C=N–C) groups is 1. The Balaban J connectivity index is 0.00000576. The van der Waals surface area contributed by atoms with Crippen molar-refractivity contribution in [2.75, 3.05) is 26.7 Å². The molecule has 0 radical (unpaired) electrons. The summed E-state index contributed by atoms with van der Waals surface area (Å²) in [5.74, 6) is 0. The molecule has 1 atom stereocenters. The summed E-state index contributed by atoms with van der Waals surface area (Å²) in [6.07, 6.45) is 26.4. The summed E-state index contributed by atoms with van der Waals surface area (Å²) < 4.78 is 1.07. The number of hydrogen-bond donors (Lipinski definition) is 0. The van der Waals surface area contributed by atoms with Crippen LogP contribution < -0.4 is 12.4 Å². The van der Waals surface area contributed by atoms with Crippen LogP contribution in [-0.2, 0) is 0 Å². The van der Waals surface area contributed by atoms with Crippen LogP contribution in [0.5, 0.6) is 0 Å². The molecule has 25 heavy (non-hydrogen) atoms. The van der Waals surface area contributed by atoms with Crippen molar-refractivity contribution in [3.63, 3.8) is 0 Å². The van der Waals surface area contributed by atoms with Crippen LogP contribution in [0.2, 0.25) is 0 Å². The SMILES string of the molecule is CCCCCCCCC=CCCCCCCCC[N+]1(C)C=NCC1.[Cl-]. The Hall–Kier alpha value is -0.340. The van der Waals surface area contributed by atoms with Gasteiger partial charge in [-0.1, -0.05) is 70.4 Å². The van der Waals surface area contributed by atoms with E-state index in [1.165, 1.54) is 103 Å². The summed E-state index contributed by atoms with van der Waals surface area (Å²) in [4.78, 5) is 4.37. The van der Waals surface area contributed by atoms with Gasteiger partial charge in [0, 0.05) is 0 Å². The molecule has 1 unspecified atom stereocenters. The van der Waals surface area contributed by atoms with Crippen LogP contribution >= 0.6 is 0 Å². The molecule has 3 heteroatoms. The molecule has 0 N–H and O–H groups in total. The van der Waals surface area contributed by atoms with Gasteiger partial charge in [-0.15, -0.1) is 0 Å². The van der Waals surface area contributed by atoms with Gasteiger partial charge < -0.3 is 12.4 Å². The molecule has 0 saturated carbocycles. The van der Waals surface area contributed by atoms with Crippen LogP contribution in [0, 0.1) is 0 Å². The Kier molecular flexibility index (Phi) is 16.9. The first-order valence-corrected chi connectivity index (χ1v) is 10.8. The highest BCUT2D eigenvalue weighted by molar-refractivity contribution is 5.47. The fourth-order valence-electron chi connectivity index (χ4n) is 3.49. The smallest absolute Gasteiger partial charge is 0.185 e. The van der Waals surface area contributed by atoms with E-state index in [1.807, 2.05) is 0 Å². The number of likely N-dealkylation sites (N-methyl/N-ethyl adjacent to an activating group) is 1. The first kappa shape index (κ1) is 24.7. The Morgan fingerprint density at radius 2 is 1.32 bits per heavy atom. The zero-order valence-corrected chi connectivity index (χ0v) is 17.8. The zero-order valence-electron chi connectivity index (χ0n) is 17.0. The second-order valence-corrected chi connectivity index (χ2v) is 7.89. The molecule has 0 amide bonds. The van der Waals surface area contributed by atoms with Crippen LogP contribution in [-0.4, -0.2) is 37.5 Å². The summed E-state index contributed by atoms with van der Waals surface area (Å²) >= 11 is 0. The van der Waals surface area contributed by atoms with E-state index >= 15 is 0 Å². The number of rotatable bonds is 16. The molecular weight excluding hydrogens is 328 g/mol. The molecule has 0 spiro atoms. The first-order valence-electron chi connectivity index (χ1n) is 10.8. The third kappa shape index (κ3) is 14.5. The Labute approximate surface area is 164 Å². The lowest BCUT2D eigenvalue weighted by molar-refractivity contribution is -0.807. The summed E-state index contributed by atoms with van der Waals surface area (Å²) in [7, 11) is 2.31. The average Bonchev–Trinajstić information content (AvgIpc) is 3.01. The molecule has 0 aromatic rings. The summed E-state index contributed by atoms with van der Waals surface area (Å²) in [5.41, 5.74) is 0. The van der Waals surface area contributed by atoms with Gasteiger partial charge in [0.25, 0.3) is 0 Å². The van der Waals surface area contributed by atoms with Gasteiger partial charge in [-0.25, -0.2) is 4.99 Å². The maximum atomic E-state index is 4.37. The highest BCUT2D eigenvalue weighted by Crippen LogP contribution is 2.12. The predicted octanol–water partition coefficient (Wildman–Crippen LogP) is 3.52. The van der Waals surface area contributed by atoms with E-state index in [2.05, 4.69) is 37.5 Å². The lowest BCUT2D eigenvalue weighted by Gasteiger charge is -2.24. The summed E-state index contributed by atoms with van der Waals surface area (Å²) in [6, 6.07) is 0. The molecule has 0 saturated heterocycles. The second-order valence-electron chi connectivity index (χ2n) is 7.89. The lowest BCUT2D eigenvalue weighted by Crippen LogP contribution is -3.00. The largest absolute Gasteiger partial charge is 1.00 e. The van der Waals surface area contributed by atoms with Gasteiger partial charge in [0.1, 0.15) is 6.54 Å². The molecule has 1 heterocycles. The van der Waals surface area contributed by atoms with Gasteiger partial charge in [0.15, 0.2) is 6.34 Å². The molecule has 1 aliphatic heterocycles. The number of unbranched alkanes of at least 4 members (excludes halogenated alkanes) is 12. The molecule has 148 valence electrons. The monoisotopic (exact) mass is 370 g/mol. The fourth-order valence-corrected chi connectivity index (χ4v) is 3.49. The van der Waals surface area contributed by atoms with E-state index < -0.39 is 0 Å². The van der Waals surface area contributed by atoms with Crippen molar-refractivity contribution >= 4 is 6.34 Å². The van der Waals surface area contributed by atoms with Crippen LogP contribution in [0.4, 0.5) is 0 Å². The number of hydrogen-bond acceptors (Lipinski definition) is 1. The molecule has 0 bridgehead atoms. The minimum Gasteiger partial charge on any atom is -1.00 e. The van der Waals surface area contributed by atoms with Crippen LogP contribution in [0.25, 0.3) is 0 Å². The average molecular weight is 371 g/mol. The second kappa shape index (κ2) is 17.1. The molecular formula is C22H43ClN2. The van der Waals surface area contributed by atoms with Crippen LogP contribution in [0.15, 0.2) is 17.1 Å². The van der Waals surface area contributed by atoms with Crippen molar-refractivity contribution in [1.82, 2.24) is 0 Å². The fraction of sp³-hybridized carbons (Fsp3) is 0.864. The van der Waals surface area contributed by atoms with E-state index in [9.17, 15) is 0 Å². The van der Waals surface area contributed by atoms with Gasteiger partial charge in [0.2, 0.25) is 0 Å². The predicted molar refractivity (Wildman–Crippen MR) is 109 cm³/mol. The van der Waals surface area contributed by atoms with E-state index in [1.54, 1.807) is 0 Å². The van der Waals surface area contributed by atoms with E-state index in [4.69, 9.17) is 0 Å². The molecule has 1 aliphatic rings. The standard InChI is InChI=1S/C22H43N2.ClH/c1-3-4-5-6-7-8-9-10-11-12-13-14-15-16-17-18-20-24(2)21-19-23-22-24;/h10-11,22H,3-9,12-21H2,1-2H3;1H/q+1;/p-1. The van der Waals surface area contributed by atoms with Gasteiger partial charge >= 0.3 is 0 Å². The Bertz CT molecular complexity index is 341. The highest BCUT2D eigenvalue weighted by atomic mass is 35.5. The number of halogens is 1. The Morgan fingerprint density at radius 1 is 0.800 bits per heavy atom. The van der Waals surface area contributed by atoms with Gasteiger partial charge in [0.05, 0.1) is 20.1 Å². The van der Waals surface area contributed by atoms with E-state index in [0.29, 0.717) is 0 Å². The van der Waals surface area contributed by atoms with Crippen molar-refractivity contribution in [2.45, 2.75) is 96.8 Å².